The van der Waals surface area contributed by atoms with Gasteiger partial charge in [-0.1, -0.05) is 55.6 Å². The van der Waals surface area contributed by atoms with E-state index in [1.807, 2.05) is 0 Å². The molecule has 0 amide bonds. The molecule has 128 valence electrons. The zero-order valence-corrected chi connectivity index (χ0v) is 15.7. The van der Waals surface area contributed by atoms with Gasteiger partial charge in [0.15, 0.2) is 0 Å². The first-order chi connectivity index (χ1) is 11.7. The van der Waals surface area contributed by atoms with Crippen LogP contribution in [0.2, 0.25) is 0 Å². The summed E-state index contributed by atoms with van der Waals surface area (Å²) in [5.74, 6) is 0. The normalized spacial score (nSPS) is 11.3. The van der Waals surface area contributed by atoms with Crippen LogP contribution in [0, 0.1) is 4.51 Å². The van der Waals surface area contributed by atoms with Gasteiger partial charge in [0.1, 0.15) is 0 Å². The first-order valence-corrected chi connectivity index (χ1v) is 8.99. The third-order valence-electron chi connectivity index (χ3n) is 4.09. The Labute approximate surface area is 150 Å². The van der Waals surface area contributed by atoms with E-state index in [1.54, 1.807) is 7.11 Å². The summed E-state index contributed by atoms with van der Waals surface area (Å²) in [5.41, 5.74) is 4.90. The van der Waals surface area contributed by atoms with Crippen LogP contribution >= 0.6 is 12.2 Å². The monoisotopic (exact) mass is 341 g/mol. The predicted octanol–water partition coefficient (Wildman–Crippen LogP) is 5.51. The summed E-state index contributed by atoms with van der Waals surface area (Å²) in [5, 5.41) is 0. The lowest BCUT2D eigenvalue weighted by atomic mass is 9.97. The second kappa shape index (κ2) is 9.55. The Morgan fingerprint density at radius 3 is 2.58 bits per heavy atom. The van der Waals surface area contributed by atoms with Crippen molar-refractivity contribution in [3.63, 3.8) is 0 Å². The van der Waals surface area contributed by atoms with E-state index in [0.717, 1.165) is 42.4 Å². The molecule has 2 nitrogen and oxygen atoms in total. The van der Waals surface area contributed by atoms with Gasteiger partial charge < -0.3 is 9.30 Å². The third kappa shape index (κ3) is 4.89. The van der Waals surface area contributed by atoms with Gasteiger partial charge in [0.2, 0.25) is 0 Å². The summed E-state index contributed by atoms with van der Waals surface area (Å²) in [6, 6.07) is 8.49. The van der Waals surface area contributed by atoms with Gasteiger partial charge >= 0.3 is 0 Å². The molecule has 0 saturated heterocycles. The van der Waals surface area contributed by atoms with Crippen molar-refractivity contribution in [2.45, 2.75) is 32.6 Å². The van der Waals surface area contributed by atoms with E-state index < -0.39 is 0 Å². The van der Waals surface area contributed by atoms with Crippen molar-refractivity contribution in [3.8, 4) is 11.1 Å². The number of aromatic nitrogens is 1. The molecule has 0 aliphatic heterocycles. The summed E-state index contributed by atoms with van der Waals surface area (Å²) in [6.07, 6.45) is 12.8. The highest BCUT2D eigenvalue weighted by Crippen LogP contribution is 2.27. The number of pyridine rings is 1. The van der Waals surface area contributed by atoms with E-state index in [1.165, 1.54) is 16.7 Å². The van der Waals surface area contributed by atoms with E-state index >= 15 is 0 Å². The molecule has 1 heterocycles. The molecule has 1 aromatic carbocycles. The highest BCUT2D eigenvalue weighted by atomic mass is 32.1. The maximum Gasteiger partial charge on any atom is 0.0516 e. The van der Waals surface area contributed by atoms with Gasteiger partial charge in [-0.2, -0.15) is 0 Å². The van der Waals surface area contributed by atoms with E-state index in [9.17, 15) is 0 Å². The van der Waals surface area contributed by atoms with Gasteiger partial charge in [-0.25, -0.2) is 0 Å². The fraction of sp³-hybridized carbons (Fsp3) is 0.381. The largest absolute Gasteiger partial charge is 0.384 e. The second-order valence-electron chi connectivity index (χ2n) is 6.01. The maximum absolute atomic E-state index is 5.82. The smallest absolute Gasteiger partial charge is 0.0516 e. The van der Waals surface area contributed by atoms with Gasteiger partial charge in [-0.15, -0.1) is 0 Å². The van der Waals surface area contributed by atoms with E-state index in [0.29, 0.717) is 0 Å². The molecular weight excluding hydrogens is 314 g/mol. The number of ether oxygens (including phenoxy) is 1. The van der Waals surface area contributed by atoms with Crippen LogP contribution in [0.3, 0.4) is 0 Å². The average molecular weight is 342 g/mol. The molecule has 0 aliphatic rings. The van der Waals surface area contributed by atoms with Crippen LogP contribution in [-0.4, -0.2) is 18.3 Å². The highest BCUT2D eigenvalue weighted by Gasteiger charge is 2.09. The Balaban J connectivity index is 2.39. The molecule has 0 aliphatic carbocycles. The summed E-state index contributed by atoms with van der Waals surface area (Å²) < 4.78 is 8.35. The molecule has 0 bridgehead atoms. The summed E-state index contributed by atoms with van der Waals surface area (Å²) in [6.45, 7) is 2.88. The average Bonchev–Trinajstić information content (AvgIpc) is 2.59. The molecule has 0 unspecified atom stereocenters. The molecule has 24 heavy (non-hydrogen) atoms. The lowest BCUT2D eigenvalue weighted by Crippen LogP contribution is -2.01. The first-order valence-electron chi connectivity index (χ1n) is 8.58. The lowest BCUT2D eigenvalue weighted by Gasteiger charge is -2.13. The Morgan fingerprint density at radius 2 is 1.83 bits per heavy atom. The highest BCUT2D eigenvalue weighted by molar-refractivity contribution is 7.71. The molecule has 0 fully saturated rings. The molecule has 3 heteroatoms. The number of methoxy groups -OCH3 is 1. The number of nitrogens with zero attached hydrogens (tertiary/aromatic N) is 1. The molecule has 0 spiro atoms. The molecule has 1 aromatic heterocycles. The van der Waals surface area contributed by atoms with Crippen molar-refractivity contribution < 1.29 is 4.74 Å². The lowest BCUT2D eigenvalue weighted by molar-refractivity contribution is 0.202. The number of rotatable bonds is 8. The van der Waals surface area contributed by atoms with E-state index in [2.05, 4.69) is 67.3 Å². The number of aryl methyl sites for hydroxylation is 2. The van der Waals surface area contributed by atoms with Crippen LogP contribution in [0.15, 0.2) is 48.8 Å². The molecular formula is C21H27NOS. The van der Waals surface area contributed by atoms with Crippen molar-refractivity contribution in [1.29, 1.82) is 0 Å². The Hall–Kier alpha value is -1.71. The minimum Gasteiger partial charge on any atom is -0.384 e. The van der Waals surface area contributed by atoms with E-state index in [-0.39, 0.29) is 0 Å². The molecule has 0 radical (unpaired) electrons. The van der Waals surface area contributed by atoms with Crippen molar-refractivity contribution in [3.05, 3.63) is 64.4 Å². The topological polar surface area (TPSA) is 14.2 Å². The minimum atomic E-state index is 0.720. The van der Waals surface area contributed by atoms with Crippen molar-refractivity contribution >= 4 is 12.2 Å². The molecule has 0 N–H and O–H groups in total. The van der Waals surface area contributed by atoms with Crippen LogP contribution in [0.4, 0.5) is 0 Å². The number of allylic oxidation sites excluding steroid dienone is 2. The molecule has 0 saturated carbocycles. The molecule has 0 atom stereocenters. The standard InChI is InChI=1S/C21H27NOS/c1-4-5-6-7-11-18-15-22(2)16-20(21(18)24)19-12-9-8-10-17(19)13-14-23-3/h5-6,8-10,12,15-16H,4,7,11,13-14H2,1-3H3/b6-5+. The molecule has 2 rings (SSSR count). The summed E-state index contributed by atoms with van der Waals surface area (Å²) in [4.78, 5) is 0. The molecule has 2 aromatic rings. The van der Waals surface area contributed by atoms with Crippen LogP contribution < -0.4 is 0 Å². The third-order valence-corrected chi connectivity index (χ3v) is 4.58. The van der Waals surface area contributed by atoms with Crippen molar-refractivity contribution in [2.24, 2.45) is 7.05 Å². The van der Waals surface area contributed by atoms with Gasteiger partial charge in [-0.3, -0.25) is 0 Å². The number of hydrogen-bond acceptors (Lipinski definition) is 2. The quantitative estimate of drug-likeness (QED) is 0.464. The van der Waals surface area contributed by atoms with Gasteiger partial charge in [0.25, 0.3) is 0 Å². The Bertz CT molecular complexity index is 746. The fourth-order valence-electron chi connectivity index (χ4n) is 2.88. The van der Waals surface area contributed by atoms with Crippen LogP contribution in [0.1, 0.15) is 30.9 Å². The van der Waals surface area contributed by atoms with Gasteiger partial charge in [0.05, 0.1) is 11.1 Å². The summed E-state index contributed by atoms with van der Waals surface area (Å²) in [7, 11) is 3.81. The van der Waals surface area contributed by atoms with Gasteiger partial charge in [-0.05, 0) is 42.4 Å². The zero-order valence-electron chi connectivity index (χ0n) is 14.9. The van der Waals surface area contributed by atoms with Crippen molar-refractivity contribution in [2.75, 3.05) is 13.7 Å². The van der Waals surface area contributed by atoms with Crippen molar-refractivity contribution in [1.82, 2.24) is 4.57 Å². The SMILES string of the molecule is CC/C=C/CCc1cn(C)cc(-c2ccccc2CCOC)c1=S. The van der Waals surface area contributed by atoms with Gasteiger partial charge in [0, 0.05) is 32.1 Å². The fourth-order valence-corrected chi connectivity index (χ4v) is 3.20. The zero-order chi connectivity index (χ0) is 17.4. The first kappa shape index (κ1) is 18.6. The van der Waals surface area contributed by atoms with Crippen LogP contribution in [0.25, 0.3) is 11.1 Å². The van der Waals surface area contributed by atoms with E-state index in [4.69, 9.17) is 17.0 Å². The number of benzene rings is 1. The second-order valence-corrected chi connectivity index (χ2v) is 6.42. The Morgan fingerprint density at radius 1 is 1.04 bits per heavy atom. The predicted molar refractivity (Wildman–Crippen MR) is 105 cm³/mol. The Kier molecular flexibility index (Phi) is 7.41. The number of hydrogen-bond donors (Lipinski definition) is 0. The van der Waals surface area contributed by atoms with Crippen LogP contribution in [-0.2, 0) is 24.6 Å². The maximum atomic E-state index is 5.82. The minimum absolute atomic E-state index is 0.720. The van der Waals surface area contributed by atoms with Crippen LogP contribution in [0.5, 0.6) is 0 Å². The summed E-state index contributed by atoms with van der Waals surface area (Å²) >= 11 is 5.82.